The third-order valence-corrected chi connectivity index (χ3v) is 9.41. The topological polar surface area (TPSA) is 54.3 Å². The van der Waals surface area contributed by atoms with Gasteiger partial charge in [-0.1, -0.05) is 13.0 Å². The van der Waals surface area contributed by atoms with Crippen LogP contribution in [0.15, 0.2) is 17.3 Å². The van der Waals surface area contributed by atoms with Gasteiger partial charge >= 0.3 is 0 Å². The van der Waals surface area contributed by atoms with Crippen molar-refractivity contribution in [3.8, 4) is 0 Å². The highest BCUT2D eigenvalue weighted by Crippen LogP contribution is 2.38. The summed E-state index contributed by atoms with van der Waals surface area (Å²) in [6, 6.07) is 0.694. The summed E-state index contributed by atoms with van der Waals surface area (Å²) in [5, 5.41) is 12.2. The largest absolute Gasteiger partial charge is 0.494 e. The molecule has 0 radical (unpaired) electrons. The molecule has 0 spiro atoms. The number of allylic oxidation sites excluding steroid dienone is 1. The zero-order chi connectivity index (χ0) is 22.8. The van der Waals surface area contributed by atoms with Crippen LogP contribution in [-0.4, -0.2) is 54.6 Å². The van der Waals surface area contributed by atoms with Crippen LogP contribution in [0.2, 0.25) is 0 Å². The van der Waals surface area contributed by atoms with E-state index in [2.05, 4.69) is 24.9 Å². The molecule has 5 nitrogen and oxygen atoms in total. The molecule has 1 aromatic heterocycles. The molecule has 3 unspecified atom stereocenters. The smallest absolute Gasteiger partial charge is 0.127 e. The van der Waals surface area contributed by atoms with Gasteiger partial charge in [0.05, 0.1) is 23.5 Å². The van der Waals surface area contributed by atoms with E-state index in [0.29, 0.717) is 18.1 Å². The molecule has 2 fully saturated rings. The molecule has 0 aromatic carbocycles. The molecule has 1 saturated carbocycles. The number of fused-ring (bicyclic) bond motifs is 3. The predicted octanol–water partition coefficient (Wildman–Crippen LogP) is 4.02. The fraction of sp³-hybridized carbons (Fsp3) is 0.741. The zero-order valence-electron chi connectivity index (χ0n) is 20.3. The fourth-order valence-corrected chi connectivity index (χ4v) is 7.48. The second-order valence-corrected chi connectivity index (χ2v) is 11.4. The fourth-order valence-electron chi connectivity index (χ4n) is 6.21. The molecule has 1 N–H and O–H groups in total. The SMILES string of the molecule is CCN(C)C1CCC(OC2=c3c4c(sc3=NC=CCC2)CCC4CC(O)C2CCCO2)CC1. The molecule has 2 aliphatic carbocycles. The molecule has 0 bridgehead atoms. The predicted molar refractivity (Wildman–Crippen MR) is 133 cm³/mol. The number of hydrogen-bond acceptors (Lipinski definition) is 6. The van der Waals surface area contributed by atoms with E-state index in [1.165, 1.54) is 28.5 Å². The standard InChI is InChI=1S/C27H40N2O3S/c1-3-29(2)19-10-12-20(13-11-19)32-23-7-4-5-15-28-27-26(23)25-18(9-14-24(25)33-27)17-21(30)22-8-6-16-31-22/h5,15,18-22,30H,3-4,6-14,16-17H2,1-2H3. The lowest BCUT2D eigenvalue weighted by molar-refractivity contribution is -0.00859. The number of aliphatic hydroxyl groups is 1. The first-order valence-electron chi connectivity index (χ1n) is 13.2. The van der Waals surface area contributed by atoms with E-state index in [4.69, 9.17) is 14.5 Å². The van der Waals surface area contributed by atoms with Gasteiger partial charge in [-0.25, -0.2) is 4.99 Å². The summed E-state index contributed by atoms with van der Waals surface area (Å²) in [7, 11) is 2.25. The van der Waals surface area contributed by atoms with Crippen molar-refractivity contribution in [1.82, 2.24) is 4.90 Å². The van der Waals surface area contributed by atoms with E-state index in [0.717, 1.165) is 81.4 Å². The number of nitrogens with zero attached hydrogens (tertiary/aromatic N) is 2. The van der Waals surface area contributed by atoms with Gasteiger partial charge in [0.1, 0.15) is 10.4 Å². The van der Waals surface area contributed by atoms with Crippen LogP contribution in [-0.2, 0) is 15.9 Å². The summed E-state index contributed by atoms with van der Waals surface area (Å²) in [5.41, 5.74) is 1.43. The summed E-state index contributed by atoms with van der Waals surface area (Å²) in [4.78, 5) is 8.77. The van der Waals surface area contributed by atoms with Crippen molar-refractivity contribution in [2.24, 2.45) is 4.99 Å². The zero-order valence-corrected chi connectivity index (χ0v) is 21.1. The Hall–Kier alpha value is -1.21. The van der Waals surface area contributed by atoms with E-state index >= 15 is 0 Å². The van der Waals surface area contributed by atoms with E-state index in [-0.39, 0.29) is 12.2 Å². The molecule has 182 valence electrons. The van der Waals surface area contributed by atoms with Crippen LogP contribution < -0.4 is 9.89 Å². The van der Waals surface area contributed by atoms with Crippen LogP contribution in [0.25, 0.3) is 5.76 Å². The Kier molecular flexibility index (Phi) is 7.55. The van der Waals surface area contributed by atoms with Crippen molar-refractivity contribution in [2.45, 2.75) is 108 Å². The van der Waals surface area contributed by atoms with Gasteiger partial charge in [-0.2, -0.15) is 0 Å². The maximum Gasteiger partial charge on any atom is 0.127 e. The highest BCUT2D eigenvalue weighted by Gasteiger charge is 2.34. The lowest BCUT2D eigenvalue weighted by Gasteiger charge is -2.34. The quantitative estimate of drug-likeness (QED) is 0.651. The molecule has 6 heteroatoms. The molecule has 0 amide bonds. The van der Waals surface area contributed by atoms with E-state index < -0.39 is 0 Å². The minimum Gasteiger partial charge on any atom is -0.494 e. The van der Waals surface area contributed by atoms with Crippen LogP contribution in [0.4, 0.5) is 0 Å². The average molecular weight is 473 g/mol. The maximum absolute atomic E-state index is 10.9. The number of rotatable bonds is 7. The monoisotopic (exact) mass is 472 g/mol. The lowest BCUT2D eigenvalue weighted by atomic mass is 9.91. The number of hydrogen-bond donors (Lipinski definition) is 1. The number of ether oxygens (including phenoxy) is 2. The van der Waals surface area contributed by atoms with Gasteiger partial charge in [-0.15, -0.1) is 11.3 Å². The molecule has 1 saturated heterocycles. The first-order valence-corrected chi connectivity index (χ1v) is 14.0. The summed E-state index contributed by atoms with van der Waals surface area (Å²) in [5.74, 6) is 1.53. The van der Waals surface area contributed by atoms with E-state index in [1.54, 1.807) is 0 Å². The Morgan fingerprint density at radius 3 is 2.82 bits per heavy atom. The van der Waals surface area contributed by atoms with Gasteiger partial charge in [-0.05, 0) is 89.3 Å². The van der Waals surface area contributed by atoms with Gasteiger partial charge in [0.25, 0.3) is 0 Å². The second-order valence-electron chi connectivity index (χ2n) is 10.3. The minimum absolute atomic E-state index is 0.0123. The van der Waals surface area contributed by atoms with Gasteiger partial charge in [0, 0.05) is 30.1 Å². The summed E-state index contributed by atoms with van der Waals surface area (Å²) in [6.07, 6.45) is 15.8. The van der Waals surface area contributed by atoms with Crippen molar-refractivity contribution in [1.29, 1.82) is 0 Å². The van der Waals surface area contributed by atoms with Crippen molar-refractivity contribution in [2.75, 3.05) is 20.2 Å². The van der Waals surface area contributed by atoms with Crippen LogP contribution in [0.5, 0.6) is 0 Å². The van der Waals surface area contributed by atoms with Crippen LogP contribution >= 0.6 is 11.3 Å². The number of aryl methyl sites for hydroxylation is 1. The van der Waals surface area contributed by atoms with Crippen LogP contribution in [0, 0.1) is 0 Å². The van der Waals surface area contributed by atoms with Gasteiger partial charge < -0.3 is 19.5 Å². The Labute approximate surface area is 202 Å². The van der Waals surface area contributed by atoms with Gasteiger partial charge in [-0.3, -0.25) is 0 Å². The second kappa shape index (κ2) is 10.6. The van der Waals surface area contributed by atoms with Gasteiger partial charge in [0.2, 0.25) is 0 Å². The number of thiophene rings is 1. The van der Waals surface area contributed by atoms with E-state index in [9.17, 15) is 5.11 Å². The summed E-state index contributed by atoms with van der Waals surface area (Å²) in [6.45, 7) is 4.15. The van der Waals surface area contributed by atoms with Crippen LogP contribution in [0.1, 0.15) is 87.5 Å². The minimum atomic E-state index is -0.375. The van der Waals surface area contributed by atoms with Gasteiger partial charge in [0.15, 0.2) is 0 Å². The molecule has 5 rings (SSSR count). The molecular weight excluding hydrogens is 432 g/mol. The molecule has 1 aromatic rings. The maximum atomic E-state index is 10.9. The lowest BCUT2D eigenvalue weighted by Crippen LogP contribution is -2.37. The van der Waals surface area contributed by atoms with Crippen molar-refractivity contribution >= 4 is 17.1 Å². The molecule has 3 heterocycles. The Balaban J connectivity index is 1.41. The Morgan fingerprint density at radius 2 is 2.06 bits per heavy atom. The van der Waals surface area contributed by atoms with E-state index in [1.807, 2.05) is 17.5 Å². The molecule has 3 atom stereocenters. The van der Waals surface area contributed by atoms with Crippen molar-refractivity contribution < 1.29 is 14.6 Å². The molecule has 33 heavy (non-hydrogen) atoms. The Bertz CT molecular complexity index is 957. The first-order chi connectivity index (χ1) is 16.1. The van der Waals surface area contributed by atoms with Crippen molar-refractivity contribution in [3.63, 3.8) is 0 Å². The number of aliphatic hydroxyl groups excluding tert-OH is 1. The molecular formula is C27H40N2O3S. The normalized spacial score (nSPS) is 30.5. The molecule has 2 aliphatic heterocycles. The molecule has 4 aliphatic rings. The van der Waals surface area contributed by atoms with Crippen molar-refractivity contribution in [3.05, 3.63) is 32.6 Å². The average Bonchev–Trinajstić information content (AvgIpc) is 3.55. The summed E-state index contributed by atoms with van der Waals surface area (Å²) >= 11 is 1.84. The third kappa shape index (κ3) is 5.09. The highest BCUT2D eigenvalue weighted by molar-refractivity contribution is 7.09. The first kappa shape index (κ1) is 23.5. The highest BCUT2D eigenvalue weighted by atomic mass is 32.1. The Morgan fingerprint density at radius 1 is 1.21 bits per heavy atom. The van der Waals surface area contributed by atoms with Crippen LogP contribution in [0.3, 0.4) is 0 Å². The summed E-state index contributed by atoms with van der Waals surface area (Å²) < 4.78 is 13.7. The third-order valence-electron chi connectivity index (χ3n) is 8.24.